The molecule has 0 aliphatic carbocycles. The van der Waals surface area contributed by atoms with E-state index >= 15 is 0 Å². The van der Waals surface area contributed by atoms with E-state index in [1.807, 2.05) is 11.8 Å². The van der Waals surface area contributed by atoms with Crippen molar-refractivity contribution in [2.45, 2.75) is 25.8 Å². The minimum absolute atomic E-state index is 0. The summed E-state index contributed by atoms with van der Waals surface area (Å²) in [7, 11) is 2.98. The van der Waals surface area contributed by atoms with Crippen molar-refractivity contribution in [3.63, 3.8) is 0 Å². The summed E-state index contributed by atoms with van der Waals surface area (Å²) in [6, 6.07) is 3.30. The molecule has 3 heterocycles. The fourth-order valence-corrected chi connectivity index (χ4v) is 3.32. The number of carbonyl (C=O) groups is 1. The van der Waals surface area contributed by atoms with Crippen molar-refractivity contribution < 1.29 is 4.79 Å². The lowest BCUT2D eigenvalue weighted by Gasteiger charge is -2.28. The lowest BCUT2D eigenvalue weighted by Crippen LogP contribution is -2.42. The topological polar surface area (TPSA) is 89.2 Å². The molecule has 150 valence electrons. The SMILES string of the molecule is CCCN(C(=O)c1ccc2c(=O)n(C)c(=O)n(C)c2n1)C1CCNC1.Cl.Cl. The Morgan fingerprint density at radius 1 is 1.26 bits per heavy atom. The standard InChI is InChI=1S/C17H23N5O3.2ClH/c1-4-9-22(11-7-8-18-10-11)16(24)13-6-5-12-14(19-13)20(2)17(25)21(3)15(12)23;;/h5-6,11,18H,4,7-10H2,1-3H3;2*1H. The number of carbonyl (C=O) groups excluding carboxylic acids is 1. The van der Waals surface area contributed by atoms with Crippen LogP contribution in [0.4, 0.5) is 0 Å². The van der Waals surface area contributed by atoms with Crippen molar-refractivity contribution in [3.05, 3.63) is 38.7 Å². The minimum Gasteiger partial charge on any atom is -0.333 e. The smallest absolute Gasteiger partial charge is 0.332 e. The van der Waals surface area contributed by atoms with Crippen molar-refractivity contribution in [1.82, 2.24) is 24.3 Å². The summed E-state index contributed by atoms with van der Waals surface area (Å²) in [5, 5.41) is 3.60. The highest BCUT2D eigenvalue weighted by atomic mass is 35.5. The van der Waals surface area contributed by atoms with Crippen molar-refractivity contribution in [3.8, 4) is 0 Å². The van der Waals surface area contributed by atoms with E-state index in [0.29, 0.717) is 11.9 Å². The fourth-order valence-electron chi connectivity index (χ4n) is 3.32. The summed E-state index contributed by atoms with van der Waals surface area (Å²) < 4.78 is 2.34. The first-order valence-corrected chi connectivity index (χ1v) is 8.54. The molecule has 0 bridgehead atoms. The zero-order valence-corrected chi connectivity index (χ0v) is 17.2. The third-order valence-corrected chi connectivity index (χ3v) is 4.72. The summed E-state index contributed by atoms with van der Waals surface area (Å²) in [5.74, 6) is -0.162. The lowest BCUT2D eigenvalue weighted by atomic mass is 10.1. The molecule has 1 atom stereocenters. The van der Waals surface area contributed by atoms with Gasteiger partial charge in [0.25, 0.3) is 11.5 Å². The van der Waals surface area contributed by atoms with E-state index in [2.05, 4.69) is 10.3 Å². The number of rotatable bonds is 4. The van der Waals surface area contributed by atoms with Crippen LogP contribution in [0.25, 0.3) is 11.0 Å². The summed E-state index contributed by atoms with van der Waals surface area (Å²) in [5.41, 5.74) is -0.369. The summed E-state index contributed by atoms with van der Waals surface area (Å²) >= 11 is 0. The van der Waals surface area contributed by atoms with Gasteiger partial charge in [0.15, 0.2) is 0 Å². The predicted octanol–water partition coefficient (Wildman–Crippen LogP) is 0.690. The summed E-state index contributed by atoms with van der Waals surface area (Å²) in [6.45, 7) is 4.36. The Labute approximate surface area is 169 Å². The van der Waals surface area contributed by atoms with E-state index < -0.39 is 11.2 Å². The van der Waals surface area contributed by atoms with Crippen LogP contribution in [-0.2, 0) is 14.1 Å². The van der Waals surface area contributed by atoms with Crippen LogP contribution in [0.1, 0.15) is 30.3 Å². The van der Waals surface area contributed by atoms with Gasteiger partial charge in [-0.3, -0.25) is 18.7 Å². The summed E-state index contributed by atoms with van der Waals surface area (Å²) in [6.07, 6.45) is 1.77. The number of nitrogens with zero attached hydrogens (tertiary/aromatic N) is 4. The van der Waals surface area contributed by atoms with E-state index in [-0.39, 0.29) is 48.1 Å². The number of pyridine rings is 1. The predicted molar refractivity (Wildman–Crippen MR) is 109 cm³/mol. The molecule has 0 spiro atoms. The molecule has 2 aromatic rings. The Bertz CT molecular complexity index is 935. The molecule has 1 amide bonds. The molecule has 0 saturated carbocycles. The molecule has 1 fully saturated rings. The molecule has 2 aromatic heterocycles. The van der Waals surface area contributed by atoms with Crippen molar-refractivity contribution in [2.24, 2.45) is 14.1 Å². The van der Waals surface area contributed by atoms with Gasteiger partial charge in [-0.25, -0.2) is 9.78 Å². The molecular formula is C17H25Cl2N5O3. The number of hydrogen-bond acceptors (Lipinski definition) is 5. The van der Waals surface area contributed by atoms with Gasteiger partial charge in [0.05, 0.1) is 5.39 Å². The molecule has 27 heavy (non-hydrogen) atoms. The Morgan fingerprint density at radius 2 is 1.96 bits per heavy atom. The maximum atomic E-state index is 13.0. The molecule has 1 saturated heterocycles. The number of aryl methyl sites for hydroxylation is 1. The van der Waals surface area contributed by atoms with Gasteiger partial charge in [-0.05, 0) is 31.5 Å². The normalized spacial score (nSPS) is 15.9. The highest BCUT2D eigenvalue weighted by Crippen LogP contribution is 2.15. The molecule has 1 N–H and O–H groups in total. The first-order valence-electron chi connectivity index (χ1n) is 8.54. The molecule has 0 aromatic carbocycles. The van der Waals surface area contributed by atoms with E-state index in [1.165, 1.54) is 11.6 Å². The molecule has 1 aliphatic heterocycles. The minimum atomic E-state index is -0.458. The van der Waals surface area contributed by atoms with E-state index in [4.69, 9.17) is 0 Å². The largest absolute Gasteiger partial charge is 0.333 e. The van der Waals surface area contributed by atoms with Crippen LogP contribution in [0.5, 0.6) is 0 Å². The van der Waals surface area contributed by atoms with Gasteiger partial charge in [0.1, 0.15) is 11.3 Å². The third-order valence-electron chi connectivity index (χ3n) is 4.72. The molecule has 8 nitrogen and oxygen atoms in total. The van der Waals surface area contributed by atoms with E-state index in [1.54, 1.807) is 19.2 Å². The Kier molecular flexibility index (Phi) is 8.01. The average molecular weight is 418 g/mol. The van der Waals surface area contributed by atoms with Gasteiger partial charge >= 0.3 is 5.69 Å². The van der Waals surface area contributed by atoms with Crippen molar-refractivity contribution >= 4 is 41.8 Å². The van der Waals surface area contributed by atoms with Crippen LogP contribution >= 0.6 is 24.8 Å². The quantitative estimate of drug-likeness (QED) is 0.790. The van der Waals surface area contributed by atoms with Crippen molar-refractivity contribution in [1.29, 1.82) is 0 Å². The second-order valence-electron chi connectivity index (χ2n) is 6.42. The van der Waals surface area contributed by atoms with Gasteiger partial charge in [-0.15, -0.1) is 24.8 Å². The van der Waals surface area contributed by atoms with Gasteiger partial charge < -0.3 is 10.2 Å². The first kappa shape index (κ1) is 23.1. The number of halogens is 2. The summed E-state index contributed by atoms with van der Waals surface area (Å²) in [4.78, 5) is 43.5. The Hall–Kier alpha value is -1.90. The van der Waals surface area contributed by atoms with E-state index in [9.17, 15) is 14.4 Å². The lowest BCUT2D eigenvalue weighted by molar-refractivity contribution is 0.0686. The van der Waals surface area contributed by atoms with Gasteiger partial charge in [0, 0.05) is 33.2 Å². The van der Waals surface area contributed by atoms with Crippen LogP contribution in [-0.4, -0.2) is 50.6 Å². The number of aromatic nitrogens is 3. The number of amides is 1. The maximum Gasteiger partial charge on any atom is 0.332 e. The molecule has 3 rings (SSSR count). The second kappa shape index (κ2) is 9.34. The van der Waals surface area contributed by atoms with Crippen LogP contribution in [0, 0.1) is 0 Å². The molecule has 1 aliphatic rings. The van der Waals surface area contributed by atoms with Gasteiger partial charge in [-0.2, -0.15) is 0 Å². The Morgan fingerprint density at radius 3 is 2.56 bits per heavy atom. The van der Waals surface area contributed by atoms with Crippen molar-refractivity contribution in [2.75, 3.05) is 19.6 Å². The van der Waals surface area contributed by atoms with Gasteiger partial charge in [0.2, 0.25) is 0 Å². The zero-order valence-electron chi connectivity index (χ0n) is 15.6. The third kappa shape index (κ3) is 4.17. The fraction of sp³-hybridized carbons (Fsp3) is 0.529. The van der Waals surface area contributed by atoms with Gasteiger partial charge in [-0.1, -0.05) is 6.92 Å². The number of hydrogen-bond donors (Lipinski definition) is 1. The number of fused-ring (bicyclic) bond motifs is 1. The second-order valence-corrected chi connectivity index (χ2v) is 6.42. The molecule has 10 heteroatoms. The highest BCUT2D eigenvalue weighted by molar-refractivity contribution is 5.94. The zero-order chi connectivity index (χ0) is 18.1. The van der Waals surface area contributed by atoms with Crippen LogP contribution < -0.4 is 16.6 Å². The molecule has 0 radical (unpaired) electrons. The Balaban J connectivity index is 0.00000182. The van der Waals surface area contributed by atoms with Crippen LogP contribution in [0.3, 0.4) is 0 Å². The van der Waals surface area contributed by atoms with E-state index in [0.717, 1.165) is 30.5 Å². The number of nitrogens with one attached hydrogen (secondary N) is 1. The first-order chi connectivity index (χ1) is 12.0. The monoisotopic (exact) mass is 417 g/mol. The molecular weight excluding hydrogens is 393 g/mol. The molecule has 1 unspecified atom stereocenters. The maximum absolute atomic E-state index is 13.0. The average Bonchev–Trinajstić information content (AvgIpc) is 3.16. The van der Waals surface area contributed by atoms with Crippen LogP contribution in [0.2, 0.25) is 0 Å². The highest BCUT2D eigenvalue weighted by Gasteiger charge is 2.27. The van der Waals surface area contributed by atoms with Crippen LogP contribution in [0.15, 0.2) is 21.7 Å².